The smallest absolute Gasteiger partial charge is 0.235 e. The fourth-order valence-corrected chi connectivity index (χ4v) is 4.40. The molecular formula is C21H25N3O2. The molecule has 1 atom stereocenters. The first-order chi connectivity index (χ1) is 12.7. The predicted molar refractivity (Wildman–Crippen MR) is 101 cm³/mol. The number of benzene rings is 1. The van der Waals surface area contributed by atoms with Gasteiger partial charge < -0.3 is 15.7 Å². The Hall–Kier alpha value is -2.24. The molecule has 1 fully saturated rings. The number of hydrogen-bond donors (Lipinski definition) is 3. The number of aliphatic hydroxyl groups is 1. The molecule has 2 aliphatic rings. The minimum atomic E-state index is -0.353. The van der Waals surface area contributed by atoms with Crippen LogP contribution in [0, 0.1) is 0 Å². The largest absolute Gasteiger partial charge is 0.396 e. The minimum absolute atomic E-state index is 0.0510. The van der Waals surface area contributed by atoms with E-state index in [2.05, 4.69) is 21.7 Å². The van der Waals surface area contributed by atoms with Crippen LogP contribution in [-0.2, 0) is 10.2 Å². The summed E-state index contributed by atoms with van der Waals surface area (Å²) in [5, 5.41) is 16.4. The van der Waals surface area contributed by atoms with Crippen molar-refractivity contribution in [3.8, 4) is 0 Å². The summed E-state index contributed by atoms with van der Waals surface area (Å²) in [5.74, 6) is 0.204. The van der Waals surface area contributed by atoms with Gasteiger partial charge in [0.2, 0.25) is 5.91 Å². The molecule has 3 N–H and O–H groups in total. The summed E-state index contributed by atoms with van der Waals surface area (Å²) < 4.78 is 0. The standard InChI is InChI=1S/C21H25N3O2/c25-14-16(15-4-3-11-22-12-15)13-23-17-7-9-21(10-8-17)18-5-1-2-6-19(18)24-20(21)26/h1-6,11-12,16-17,23,25H,7-10,13-14H2,(H,24,26). The fourth-order valence-electron chi connectivity index (χ4n) is 4.40. The lowest BCUT2D eigenvalue weighted by Gasteiger charge is -2.36. The molecule has 1 saturated carbocycles. The minimum Gasteiger partial charge on any atom is -0.396 e. The number of nitrogens with zero attached hydrogens (tertiary/aromatic N) is 1. The van der Waals surface area contributed by atoms with Gasteiger partial charge in [-0.25, -0.2) is 0 Å². The van der Waals surface area contributed by atoms with Crippen molar-refractivity contribution in [1.29, 1.82) is 0 Å². The number of hydrogen-bond acceptors (Lipinski definition) is 4. The second-order valence-electron chi connectivity index (χ2n) is 7.43. The first-order valence-electron chi connectivity index (χ1n) is 9.38. The highest BCUT2D eigenvalue weighted by molar-refractivity contribution is 6.06. The fraction of sp³-hybridized carbons (Fsp3) is 0.429. The molecule has 26 heavy (non-hydrogen) atoms. The van der Waals surface area contributed by atoms with Crippen LogP contribution in [-0.4, -0.2) is 35.2 Å². The van der Waals surface area contributed by atoms with Crippen LogP contribution in [0.25, 0.3) is 0 Å². The highest BCUT2D eigenvalue weighted by atomic mass is 16.3. The summed E-state index contributed by atoms with van der Waals surface area (Å²) in [4.78, 5) is 16.8. The van der Waals surface area contributed by atoms with Crippen molar-refractivity contribution in [2.24, 2.45) is 0 Å². The van der Waals surface area contributed by atoms with Crippen molar-refractivity contribution in [2.45, 2.75) is 43.1 Å². The molecule has 4 rings (SSSR count). The number of rotatable bonds is 5. The van der Waals surface area contributed by atoms with Gasteiger partial charge in [0.1, 0.15) is 0 Å². The number of pyridine rings is 1. The Morgan fingerprint density at radius 2 is 2.04 bits per heavy atom. The van der Waals surface area contributed by atoms with E-state index in [1.54, 1.807) is 6.20 Å². The van der Waals surface area contributed by atoms with Gasteiger partial charge in [0.05, 0.1) is 12.0 Å². The summed E-state index contributed by atoms with van der Waals surface area (Å²) in [7, 11) is 0. The van der Waals surface area contributed by atoms with Crippen molar-refractivity contribution in [1.82, 2.24) is 10.3 Å². The lowest BCUT2D eigenvalue weighted by Crippen LogP contribution is -2.44. The lowest BCUT2D eigenvalue weighted by molar-refractivity contribution is -0.122. The molecule has 1 aromatic carbocycles. The van der Waals surface area contributed by atoms with Crippen molar-refractivity contribution in [2.75, 3.05) is 18.5 Å². The zero-order valence-corrected chi connectivity index (χ0v) is 14.8. The first-order valence-corrected chi connectivity index (χ1v) is 9.38. The molecule has 1 aliphatic carbocycles. The van der Waals surface area contributed by atoms with Crippen LogP contribution in [0.5, 0.6) is 0 Å². The summed E-state index contributed by atoms with van der Waals surface area (Å²) in [6, 6.07) is 12.4. The molecule has 1 unspecified atom stereocenters. The van der Waals surface area contributed by atoms with E-state index >= 15 is 0 Å². The van der Waals surface area contributed by atoms with Gasteiger partial charge in [0.15, 0.2) is 0 Å². The molecule has 1 amide bonds. The van der Waals surface area contributed by atoms with Crippen LogP contribution in [0.2, 0.25) is 0 Å². The number of fused-ring (bicyclic) bond motifs is 2. The highest BCUT2D eigenvalue weighted by Crippen LogP contribution is 2.47. The third kappa shape index (κ3) is 3.02. The van der Waals surface area contributed by atoms with Gasteiger partial charge in [0, 0.05) is 36.6 Å². The number of carbonyl (C=O) groups excluding carboxylic acids is 1. The Morgan fingerprint density at radius 1 is 1.23 bits per heavy atom. The quantitative estimate of drug-likeness (QED) is 0.774. The highest BCUT2D eigenvalue weighted by Gasteiger charge is 2.48. The number of aliphatic hydroxyl groups excluding tert-OH is 1. The second kappa shape index (κ2) is 7.17. The topological polar surface area (TPSA) is 74.2 Å². The van der Waals surface area contributed by atoms with Gasteiger partial charge in [-0.05, 0) is 48.9 Å². The maximum atomic E-state index is 12.6. The molecule has 2 heterocycles. The molecule has 0 radical (unpaired) electrons. The number of para-hydroxylation sites is 1. The monoisotopic (exact) mass is 351 g/mol. The Morgan fingerprint density at radius 3 is 2.77 bits per heavy atom. The number of aromatic nitrogens is 1. The maximum absolute atomic E-state index is 12.6. The van der Waals surface area contributed by atoms with E-state index < -0.39 is 0 Å². The summed E-state index contributed by atoms with van der Waals surface area (Å²) in [5.41, 5.74) is 2.83. The van der Waals surface area contributed by atoms with Gasteiger partial charge in [-0.3, -0.25) is 9.78 Å². The molecule has 136 valence electrons. The van der Waals surface area contributed by atoms with E-state index in [1.807, 2.05) is 36.5 Å². The van der Waals surface area contributed by atoms with Crippen LogP contribution >= 0.6 is 0 Å². The van der Waals surface area contributed by atoms with Gasteiger partial charge in [-0.15, -0.1) is 0 Å². The van der Waals surface area contributed by atoms with Crippen LogP contribution in [0.1, 0.15) is 42.7 Å². The summed E-state index contributed by atoms with van der Waals surface area (Å²) in [6.45, 7) is 0.827. The predicted octanol–water partition coefficient (Wildman–Crippen LogP) is 2.58. The number of carbonyl (C=O) groups is 1. The van der Waals surface area contributed by atoms with Gasteiger partial charge in [0.25, 0.3) is 0 Å². The molecule has 2 aromatic rings. The van der Waals surface area contributed by atoms with Crippen molar-refractivity contribution in [3.05, 3.63) is 59.9 Å². The van der Waals surface area contributed by atoms with E-state index in [4.69, 9.17) is 0 Å². The van der Waals surface area contributed by atoms with Gasteiger partial charge >= 0.3 is 0 Å². The molecule has 5 heteroatoms. The van der Waals surface area contributed by atoms with E-state index in [9.17, 15) is 9.90 Å². The van der Waals surface area contributed by atoms with E-state index in [0.717, 1.165) is 49.0 Å². The number of nitrogens with one attached hydrogen (secondary N) is 2. The third-order valence-corrected chi connectivity index (χ3v) is 5.99. The zero-order chi connectivity index (χ0) is 18.0. The molecular weight excluding hydrogens is 326 g/mol. The van der Waals surface area contributed by atoms with Gasteiger partial charge in [-0.2, -0.15) is 0 Å². The second-order valence-corrected chi connectivity index (χ2v) is 7.43. The SMILES string of the molecule is O=C1Nc2ccccc2C12CCC(NCC(CO)c1cccnc1)CC2. The summed E-state index contributed by atoms with van der Waals surface area (Å²) in [6.07, 6.45) is 7.23. The third-order valence-electron chi connectivity index (χ3n) is 5.99. The molecule has 0 saturated heterocycles. The zero-order valence-electron chi connectivity index (χ0n) is 14.8. The van der Waals surface area contributed by atoms with Crippen LogP contribution in [0.4, 0.5) is 5.69 Å². The lowest BCUT2D eigenvalue weighted by atomic mass is 9.69. The molecule has 1 aliphatic heterocycles. The number of amides is 1. The number of anilines is 1. The van der Waals surface area contributed by atoms with Crippen molar-refractivity contribution in [3.63, 3.8) is 0 Å². The maximum Gasteiger partial charge on any atom is 0.235 e. The average molecular weight is 351 g/mol. The van der Waals surface area contributed by atoms with E-state index in [1.165, 1.54) is 0 Å². The van der Waals surface area contributed by atoms with E-state index in [-0.39, 0.29) is 23.8 Å². The Bertz CT molecular complexity index is 770. The normalized spacial score (nSPS) is 25.7. The Kier molecular flexibility index (Phi) is 4.74. The molecule has 1 spiro atoms. The Balaban J connectivity index is 1.38. The first kappa shape index (κ1) is 17.2. The van der Waals surface area contributed by atoms with Crippen LogP contribution < -0.4 is 10.6 Å². The van der Waals surface area contributed by atoms with Crippen LogP contribution in [0.15, 0.2) is 48.8 Å². The average Bonchev–Trinajstić information content (AvgIpc) is 2.96. The van der Waals surface area contributed by atoms with Crippen molar-refractivity contribution >= 4 is 11.6 Å². The Labute approximate surface area is 153 Å². The van der Waals surface area contributed by atoms with E-state index in [0.29, 0.717) is 6.04 Å². The molecule has 5 nitrogen and oxygen atoms in total. The van der Waals surface area contributed by atoms with Crippen LogP contribution in [0.3, 0.4) is 0 Å². The van der Waals surface area contributed by atoms with Crippen molar-refractivity contribution < 1.29 is 9.90 Å². The molecule has 0 bridgehead atoms. The summed E-state index contributed by atoms with van der Waals surface area (Å²) >= 11 is 0. The van der Waals surface area contributed by atoms with Gasteiger partial charge in [-0.1, -0.05) is 24.3 Å². The molecule has 1 aromatic heterocycles.